The van der Waals surface area contributed by atoms with Crippen LogP contribution in [0.4, 0.5) is 0 Å². The third kappa shape index (κ3) is 1.10. The van der Waals surface area contributed by atoms with Crippen LogP contribution in [0.2, 0.25) is 0 Å². The Kier molecular flexibility index (Phi) is 1.74. The zero-order valence-corrected chi connectivity index (χ0v) is 7.41. The van der Waals surface area contributed by atoms with Crippen molar-refractivity contribution in [1.82, 2.24) is 0 Å². The largest absolute Gasteiger partial charge is 0.0754 e. The number of hydrogen-bond donors (Lipinski definition) is 0. The van der Waals surface area contributed by atoms with Crippen molar-refractivity contribution in [2.75, 3.05) is 0 Å². The second-order valence-corrected chi connectivity index (χ2v) is 4.32. The average Bonchev–Trinajstić information content (AvgIpc) is 2.47. The molecule has 0 radical (unpaired) electrons. The van der Waals surface area contributed by atoms with Gasteiger partial charge in [-0.05, 0) is 39.6 Å². The summed E-state index contributed by atoms with van der Waals surface area (Å²) in [6, 6.07) is 8.29. The zero-order valence-electron chi connectivity index (χ0n) is 5.78. The highest BCUT2D eigenvalue weighted by Crippen LogP contribution is 2.36. The predicted molar refractivity (Wildman–Crippen MR) is 53.9 cm³/mol. The second kappa shape index (κ2) is 2.74. The molecule has 0 bridgehead atoms. The Morgan fingerprint density at radius 3 is 2.91 bits per heavy atom. The van der Waals surface area contributed by atoms with E-state index in [0.29, 0.717) is 0 Å². The van der Waals surface area contributed by atoms with Crippen molar-refractivity contribution in [3.8, 4) is 0 Å². The normalized spacial score (nSPS) is 19.5. The molecule has 1 atom stereocenters. The summed E-state index contributed by atoms with van der Waals surface area (Å²) in [5.74, 6) is 0. The molecule has 0 aromatic heterocycles. The van der Waals surface area contributed by atoms with Crippen LogP contribution in [0, 0.1) is 0 Å². The molecule has 0 spiro atoms. The van der Waals surface area contributed by atoms with Gasteiger partial charge in [-0.2, -0.15) is 0 Å². The molecule has 0 saturated carbocycles. The quantitative estimate of drug-likeness (QED) is 0.550. The van der Waals surface area contributed by atoms with Gasteiger partial charge in [-0.1, -0.05) is 28.7 Å². The van der Waals surface area contributed by atoms with Crippen LogP contribution in [0.15, 0.2) is 34.6 Å². The molecule has 0 fully saturated rings. The number of benzene rings is 1. The van der Waals surface area contributed by atoms with Crippen LogP contribution in [0.3, 0.4) is 0 Å². The van der Waals surface area contributed by atoms with Gasteiger partial charge in [0.2, 0.25) is 0 Å². The first-order valence-corrected chi connectivity index (χ1v) is 4.99. The molecule has 0 amide bonds. The highest BCUT2D eigenvalue weighted by Gasteiger charge is 2.06. The second-order valence-electron chi connectivity index (χ2n) is 2.26. The van der Waals surface area contributed by atoms with Crippen LogP contribution in [0.25, 0.3) is 6.08 Å². The van der Waals surface area contributed by atoms with Crippen LogP contribution < -0.4 is 0 Å². The minimum absolute atomic E-state index is 0.0249. The first-order valence-electron chi connectivity index (χ1n) is 3.30. The number of rotatable bonds is 0. The SMILES string of the molecule is S=C=S1C=Cc2ccccc21. The molecule has 0 nitrogen and oxygen atoms in total. The van der Waals surface area contributed by atoms with E-state index in [4.69, 9.17) is 12.2 Å². The van der Waals surface area contributed by atoms with Crippen molar-refractivity contribution < 1.29 is 0 Å². The molecule has 1 aromatic rings. The van der Waals surface area contributed by atoms with Crippen LogP contribution in [0.5, 0.6) is 0 Å². The lowest BCUT2D eigenvalue weighted by molar-refractivity contribution is 1.44. The van der Waals surface area contributed by atoms with E-state index in [2.05, 4.69) is 27.9 Å². The monoisotopic (exact) mass is 178 g/mol. The van der Waals surface area contributed by atoms with Gasteiger partial charge < -0.3 is 0 Å². The first-order chi connectivity index (χ1) is 5.42. The van der Waals surface area contributed by atoms with Crippen molar-refractivity contribution in [3.63, 3.8) is 0 Å². The van der Waals surface area contributed by atoms with Crippen molar-refractivity contribution in [2.45, 2.75) is 4.90 Å². The minimum Gasteiger partial charge on any atom is -0.0754 e. The predicted octanol–water partition coefficient (Wildman–Crippen LogP) is 3.13. The lowest BCUT2D eigenvalue weighted by Crippen LogP contribution is -1.71. The van der Waals surface area contributed by atoms with Gasteiger partial charge in [-0.25, -0.2) is 0 Å². The van der Waals surface area contributed by atoms with Crippen LogP contribution in [-0.4, -0.2) is 4.31 Å². The van der Waals surface area contributed by atoms with Crippen molar-refractivity contribution in [2.24, 2.45) is 0 Å². The molecule has 2 rings (SSSR count). The lowest BCUT2D eigenvalue weighted by atomic mass is 10.2. The highest BCUT2D eigenvalue weighted by atomic mass is 32.2. The van der Waals surface area contributed by atoms with Crippen molar-refractivity contribution in [1.29, 1.82) is 0 Å². The Bertz CT molecular complexity index is 371. The number of fused-ring (bicyclic) bond motifs is 1. The smallest absolute Gasteiger partial charge is 0.0211 e. The fourth-order valence-electron chi connectivity index (χ4n) is 1.11. The van der Waals surface area contributed by atoms with Crippen molar-refractivity contribution in [3.05, 3.63) is 35.2 Å². The molecule has 1 unspecified atom stereocenters. The van der Waals surface area contributed by atoms with Gasteiger partial charge in [0.1, 0.15) is 0 Å². The molecule has 0 aliphatic carbocycles. The van der Waals surface area contributed by atoms with Gasteiger partial charge in [0.05, 0.1) is 0 Å². The van der Waals surface area contributed by atoms with Crippen LogP contribution in [0.1, 0.15) is 5.56 Å². The molecular weight excluding hydrogens is 172 g/mol. The van der Waals surface area contributed by atoms with Gasteiger partial charge in [0.25, 0.3) is 0 Å². The van der Waals surface area contributed by atoms with Gasteiger partial charge >= 0.3 is 0 Å². The fraction of sp³-hybridized carbons (Fsp3) is 0. The molecule has 1 aromatic carbocycles. The van der Waals surface area contributed by atoms with E-state index in [1.54, 1.807) is 0 Å². The summed E-state index contributed by atoms with van der Waals surface area (Å²) >= 11 is 4.80. The summed E-state index contributed by atoms with van der Waals surface area (Å²) in [4.78, 5) is 1.31. The molecule has 1 heterocycles. The van der Waals surface area contributed by atoms with Gasteiger partial charge in [-0.3, -0.25) is 0 Å². The average molecular weight is 178 g/mol. The Hall–Kier alpha value is -0.690. The third-order valence-corrected chi connectivity index (χ3v) is 3.60. The summed E-state index contributed by atoms with van der Waals surface area (Å²) in [5, 5.41) is 2.11. The molecule has 1 aliphatic heterocycles. The molecule has 11 heavy (non-hydrogen) atoms. The highest BCUT2D eigenvalue weighted by molar-refractivity contribution is 8.21. The topological polar surface area (TPSA) is 0 Å². The first kappa shape index (κ1) is 6.99. The van der Waals surface area contributed by atoms with E-state index in [0.717, 1.165) is 0 Å². The Morgan fingerprint density at radius 2 is 2.09 bits per heavy atom. The zero-order chi connectivity index (χ0) is 7.68. The minimum atomic E-state index is -0.0249. The number of thiocarbonyl (C=S) groups is 1. The van der Waals surface area contributed by atoms with E-state index in [1.165, 1.54) is 10.5 Å². The maximum Gasteiger partial charge on any atom is 0.0211 e. The van der Waals surface area contributed by atoms with E-state index in [9.17, 15) is 0 Å². The summed E-state index contributed by atoms with van der Waals surface area (Å²) in [6.45, 7) is 0. The summed E-state index contributed by atoms with van der Waals surface area (Å²) in [7, 11) is -0.0249. The van der Waals surface area contributed by atoms with E-state index < -0.39 is 0 Å². The van der Waals surface area contributed by atoms with E-state index in [1.807, 2.05) is 12.1 Å². The standard InChI is InChI=1S/C9H6S2/c10-7-11-6-5-8-3-1-2-4-9(8)11/h1-6H. The Balaban J connectivity index is 2.72. The lowest BCUT2D eigenvalue weighted by Gasteiger charge is -1.96. The van der Waals surface area contributed by atoms with Crippen LogP contribution in [-0.2, 0) is 0 Å². The molecule has 54 valence electrons. The van der Waals surface area contributed by atoms with Gasteiger partial charge in [-0.15, -0.1) is 0 Å². The number of hydrogen-bond acceptors (Lipinski definition) is 1. The molecule has 0 saturated heterocycles. The summed E-state index contributed by atoms with van der Waals surface area (Å²) in [6.07, 6.45) is 2.11. The molecule has 2 heteroatoms. The van der Waals surface area contributed by atoms with E-state index in [-0.39, 0.29) is 10.5 Å². The summed E-state index contributed by atoms with van der Waals surface area (Å²) < 4.78 is 2.84. The molecule has 0 N–H and O–H groups in total. The molecule has 1 aliphatic rings. The van der Waals surface area contributed by atoms with Crippen LogP contribution >= 0.6 is 22.7 Å². The van der Waals surface area contributed by atoms with Crippen molar-refractivity contribution >= 4 is 33.1 Å². The Morgan fingerprint density at radius 1 is 1.27 bits per heavy atom. The van der Waals surface area contributed by atoms with E-state index >= 15 is 0 Å². The maximum absolute atomic E-state index is 4.80. The fourth-order valence-corrected chi connectivity index (χ4v) is 2.73. The van der Waals surface area contributed by atoms with Gasteiger partial charge in [0, 0.05) is 4.90 Å². The molecular formula is C9H6S2. The Labute approximate surface area is 73.5 Å². The third-order valence-electron chi connectivity index (χ3n) is 1.63. The van der Waals surface area contributed by atoms with Gasteiger partial charge in [0.15, 0.2) is 0 Å². The maximum atomic E-state index is 4.80. The summed E-state index contributed by atoms with van der Waals surface area (Å²) in [5.41, 5.74) is 1.29.